The maximum absolute atomic E-state index is 12.0. The van der Waals surface area contributed by atoms with Crippen LogP contribution in [0, 0.1) is 0 Å². The first kappa shape index (κ1) is 9.19. The second-order valence-electron chi connectivity index (χ2n) is 5.25. The third-order valence-corrected chi connectivity index (χ3v) is 14.3. The predicted molar refractivity (Wildman–Crippen MR) is 44.9 cm³/mol. The Kier molecular flexibility index (Phi) is 0.760. The Morgan fingerprint density at radius 1 is 0.500 bits per heavy atom. The fourth-order valence-corrected chi connectivity index (χ4v) is 15.5. The molecule has 16 heavy (non-hydrogen) atoms. The zero-order chi connectivity index (χ0) is 12.0. The van der Waals surface area contributed by atoms with E-state index in [1.807, 2.05) is 0 Å². The summed E-state index contributed by atoms with van der Waals surface area (Å²) in [5.74, 6) is 0. The molecule has 8 fully saturated rings. The van der Waals surface area contributed by atoms with Crippen LogP contribution in [0.25, 0.3) is 0 Å². The summed E-state index contributed by atoms with van der Waals surface area (Å²) in [7, 11) is -8.08. The van der Waals surface area contributed by atoms with Crippen LogP contribution in [0.3, 0.4) is 0 Å². The maximum atomic E-state index is 12.0. The average Bonchev–Trinajstić information content (AvgIpc) is 3.06. The molecule has 0 aromatic heterocycles. The smallest absolute Gasteiger partial charge is 0.202 e. The summed E-state index contributed by atoms with van der Waals surface area (Å²) in [5.41, 5.74) is 0. The molecule has 0 radical (unpaired) electrons. The highest BCUT2D eigenvalue weighted by atomic mass is 31.2. The molecule has 0 aromatic rings. The normalized spacial score (nSPS) is 97.4. The predicted octanol–water partition coefficient (Wildman–Crippen LogP) is -3.09. The van der Waals surface area contributed by atoms with Crippen molar-refractivity contribution in [3.63, 3.8) is 0 Å². The van der Waals surface area contributed by atoms with Crippen LogP contribution >= 0.6 is 14.3 Å². The van der Waals surface area contributed by atoms with Gasteiger partial charge < -0.3 is 39.8 Å². The van der Waals surface area contributed by atoms with Gasteiger partial charge in [0.2, 0.25) is 32.1 Å². The minimum atomic E-state index is -4.04. The topological polar surface area (TPSA) is 156 Å². The quantitative estimate of drug-likeness (QED) is 0.252. The SMILES string of the molecule is O=P12C3(O)[C@]1(O)[C@]1(O)C4(O)[C@@](O)([C@@]32O)P41=O. The lowest BCUT2D eigenvalue weighted by Crippen LogP contribution is -2.74. The Morgan fingerprint density at radius 2 is 0.562 bits per heavy atom. The Balaban J connectivity index is 1.96. The van der Waals surface area contributed by atoms with Gasteiger partial charge in [-0.1, -0.05) is 0 Å². The van der Waals surface area contributed by atoms with Crippen LogP contribution in [0.2, 0.25) is 0 Å². The molecule has 4 bridgehead atoms. The molecule has 8 nitrogen and oxygen atoms in total. The van der Waals surface area contributed by atoms with Crippen LogP contribution in [-0.4, -0.2) is 62.7 Å². The molecule has 0 atom stereocenters. The van der Waals surface area contributed by atoms with Crippen molar-refractivity contribution in [3.8, 4) is 0 Å². The van der Waals surface area contributed by atoms with Gasteiger partial charge in [0.05, 0.1) is 0 Å². The van der Waals surface area contributed by atoms with E-state index in [2.05, 4.69) is 0 Å². The highest BCUT2D eigenvalue weighted by Gasteiger charge is 3.44. The lowest BCUT2D eigenvalue weighted by atomic mass is 9.83. The van der Waals surface area contributed by atoms with Gasteiger partial charge in [-0.05, 0) is 0 Å². The van der Waals surface area contributed by atoms with Crippen molar-refractivity contribution < 1.29 is 39.8 Å². The van der Waals surface area contributed by atoms with E-state index in [-0.39, 0.29) is 0 Å². The molecule has 7 aliphatic heterocycles. The minimum absolute atomic E-state index is 2.51. The Morgan fingerprint density at radius 3 is 0.625 bits per heavy atom. The van der Waals surface area contributed by atoms with Crippen molar-refractivity contribution in [2.45, 2.75) is 32.1 Å². The highest BCUT2D eigenvalue weighted by Crippen LogP contribution is 3.36. The zero-order valence-electron chi connectivity index (χ0n) is 7.39. The minimum Gasteiger partial charge on any atom is -0.375 e. The van der Waals surface area contributed by atoms with E-state index in [1.54, 1.807) is 0 Å². The van der Waals surface area contributed by atoms with Gasteiger partial charge in [-0.2, -0.15) is 0 Å². The number of aliphatic hydroxyl groups is 6. The molecular weight excluding hydrogens is 262 g/mol. The van der Waals surface area contributed by atoms with Crippen molar-refractivity contribution >= 4 is 14.3 Å². The molecule has 0 amide bonds. The first-order valence-corrected chi connectivity index (χ1v) is 7.96. The fourth-order valence-electron chi connectivity index (χ4n) is 4.47. The molecule has 7 heterocycles. The second kappa shape index (κ2) is 1.32. The van der Waals surface area contributed by atoms with E-state index in [1.165, 1.54) is 0 Å². The van der Waals surface area contributed by atoms with Gasteiger partial charge in [-0.3, -0.25) is 0 Å². The number of rotatable bonds is 0. The van der Waals surface area contributed by atoms with Gasteiger partial charge in [0.1, 0.15) is 0 Å². The number of hydrogen-bond donors (Lipinski definition) is 6. The molecule has 88 valence electrons. The van der Waals surface area contributed by atoms with E-state index in [0.717, 1.165) is 0 Å². The van der Waals surface area contributed by atoms with Crippen LogP contribution in [0.15, 0.2) is 0 Å². The number of hydrogen-bond acceptors (Lipinski definition) is 8. The van der Waals surface area contributed by atoms with Gasteiger partial charge in [-0.25, -0.2) is 0 Å². The first-order chi connectivity index (χ1) is 7.00. The molecular formula is C6H6O8P2. The summed E-state index contributed by atoms with van der Waals surface area (Å²) in [6.07, 6.45) is 0. The summed E-state index contributed by atoms with van der Waals surface area (Å²) in [5, 5.41) is 43.3. The van der Waals surface area contributed by atoms with Crippen molar-refractivity contribution in [3.05, 3.63) is 0 Å². The third-order valence-electron chi connectivity index (χ3n) is 5.45. The summed E-state index contributed by atoms with van der Waals surface area (Å²) in [6, 6.07) is 0. The van der Waals surface area contributed by atoms with Crippen molar-refractivity contribution in [2.24, 2.45) is 0 Å². The first-order valence-electron chi connectivity index (χ1n) is 4.55. The highest BCUT2D eigenvalue weighted by molar-refractivity contribution is 7.96. The Labute approximate surface area is 86.9 Å². The lowest BCUT2D eigenvalue weighted by Gasteiger charge is -2.48. The van der Waals surface area contributed by atoms with Crippen molar-refractivity contribution in [1.29, 1.82) is 0 Å². The van der Waals surface area contributed by atoms with Crippen LogP contribution in [0.1, 0.15) is 0 Å². The Hall–Kier alpha value is 0.220. The van der Waals surface area contributed by atoms with Gasteiger partial charge >= 0.3 is 0 Å². The van der Waals surface area contributed by atoms with E-state index in [0.29, 0.717) is 0 Å². The van der Waals surface area contributed by atoms with Crippen LogP contribution in [0.5, 0.6) is 0 Å². The van der Waals surface area contributed by atoms with E-state index in [4.69, 9.17) is 0 Å². The van der Waals surface area contributed by atoms with Gasteiger partial charge in [0, 0.05) is 0 Å². The van der Waals surface area contributed by atoms with E-state index < -0.39 is 46.3 Å². The fraction of sp³-hybridized carbons (Fsp3) is 1.00. The summed E-state index contributed by atoms with van der Waals surface area (Å²) in [4.78, 5) is 0. The molecule has 6 N–H and O–H groups in total. The lowest BCUT2D eigenvalue weighted by molar-refractivity contribution is -0.253. The molecule has 8 rings (SSSR count). The average molecular weight is 268 g/mol. The maximum Gasteiger partial charge on any atom is 0.202 e. The third kappa shape index (κ3) is 0.247. The standard InChI is InChI=1S/C6H6O8P2/c7-1-2(8)6(12)4(10,16(2,6)14)3(9)5(1,11)15(1,3)13/h7-12H/t1-,2+,3-,4+,5?,6?,15?,16?. The van der Waals surface area contributed by atoms with E-state index >= 15 is 0 Å². The Bertz CT molecular complexity index is 561. The molecule has 0 spiro atoms. The molecule has 10 heteroatoms. The molecule has 0 aromatic carbocycles. The van der Waals surface area contributed by atoms with Gasteiger partial charge in [0.25, 0.3) is 0 Å². The van der Waals surface area contributed by atoms with Crippen molar-refractivity contribution in [1.82, 2.24) is 0 Å². The summed E-state index contributed by atoms with van der Waals surface area (Å²) in [6.45, 7) is 0. The van der Waals surface area contributed by atoms with Crippen LogP contribution in [0.4, 0.5) is 0 Å². The van der Waals surface area contributed by atoms with Crippen molar-refractivity contribution in [2.75, 3.05) is 0 Å². The summed E-state index contributed by atoms with van der Waals surface area (Å²) >= 11 is 0. The molecule has 0 unspecified atom stereocenters. The monoisotopic (exact) mass is 268 g/mol. The summed E-state index contributed by atoms with van der Waals surface area (Å²) < 4.78 is 23.9. The molecule has 1 aliphatic carbocycles. The van der Waals surface area contributed by atoms with Crippen LogP contribution < -0.4 is 0 Å². The van der Waals surface area contributed by atoms with Gasteiger partial charge in [-0.15, -0.1) is 0 Å². The molecule has 1 saturated carbocycles. The van der Waals surface area contributed by atoms with E-state index in [9.17, 15) is 39.8 Å². The molecule has 8 aliphatic rings. The zero-order valence-corrected chi connectivity index (χ0v) is 9.18. The second-order valence-corrected chi connectivity index (χ2v) is 11.6. The van der Waals surface area contributed by atoms with Gasteiger partial charge in [0.15, 0.2) is 14.3 Å². The molecule has 7 saturated heterocycles. The largest absolute Gasteiger partial charge is 0.375 e. The van der Waals surface area contributed by atoms with Crippen LogP contribution in [-0.2, 0) is 9.13 Å².